The molecule has 1 aromatic carbocycles. The van der Waals surface area contributed by atoms with Gasteiger partial charge in [0.2, 0.25) is 5.91 Å². The summed E-state index contributed by atoms with van der Waals surface area (Å²) in [7, 11) is 0. The molecule has 1 amide bonds. The Labute approximate surface area is 218 Å². The topological polar surface area (TPSA) is 113 Å². The summed E-state index contributed by atoms with van der Waals surface area (Å²) in [6, 6.07) is 9.49. The van der Waals surface area contributed by atoms with E-state index in [1.54, 1.807) is 19.1 Å². The van der Waals surface area contributed by atoms with Crippen molar-refractivity contribution in [3.63, 3.8) is 0 Å². The largest absolute Gasteiger partial charge is 0.457 e. The predicted molar refractivity (Wildman–Crippen MR) is 139 cm³/mol. The van der Waals surface area contributed by atoms with Crippen LogP contribution in [0.2, 0.25) is 0 Å². The van der Waals surface area contributed by atoms with E-state index < -0.39 is 46.9 Å². The zero-order valence-electron chi connectivity index (χ0n) is 21.9. The average molecular weight is 508 g/mol. The molecule has 1 spiro atoms. The average Bonchev–Trinajstić information content (AvgIpc) is 3.13. The maximum absolute atomic E-state index is 14.2. The molecule has 9 atom stereocenters. The van der Waals surface area contributed by atoms with Crippen molar-refractivity contribution in [3.8, 4) is 0 Å². The number of carbonyl (C=O) groups excluding carboxylic acids is 3. The smallest absolute Gasteiger partial charge is 0.303 e. The number of Topliss-reactive ketones (excluding diaryl/α,β-unsaturated/α-hetero) is 1. The first kappa shape index (κ1) is 27.0. The monoisotopic (exact) mass is 507 g/mol. The van der Waals surface area contributed by atoms with Crippen molar-refractivity contribution in [2.45, 2.75) is 64.4 Å². The molecule has 1 heterocycles. The number of aliphatic hydroxyl groups is 2. The summed E-state index contributed by atoms with van der Waals surface area (Å²) >= 11 is 0. The van der Waals surface area contributed by atoms with E-state index in [9.17, 15) is 24.6 Å². The highest BCUT2D eigenvalue weighted by molar-refractivity contribution is 5.91. The van der Waals surface area contributed by atoms with E-state index in [1.807, 2.05) is 37.3 Å². The minimum atomic E-state index is -1.82. The van der Waals surface area contributed by atoms with Crippen LogP contribution in [-0.2, 0) is 25.5 Å². The fourth-order valence-electron chi connectivity index (χ4n) is 6.68. The molecule has 0 radical (unpaired) electrons. The van der Waals surface area contributed by atoms with E-state index in [2.05, 4.69) is 11.9 Å². The highest BCUT2D eigenvalue weighted by atomic mass is 16.5. The van der Waals surface area contributed by atoms with Gasteiger partial charge in [-0.15, -0.1) is 0 Å². The lowest BCUT2D eigenvalue weighted by Gasteiger charge is -2.52. The van der Waals surface area contributed by atoms with Crippen molar-refractivity contribution in [2.24, 2.45) is 29.1 Å². The Bertz CT molecular complexity index is 1140. The Morgan fingerprint density at radius 1 is 1.19 bits per heavy atom. The van der Waals surface area contributed by atoms with Gasteiger partial charge in [0.05, 0.1) is 6.10 Å². The molecule has 3 N–H and O–H groups in total. The lowest BCUT2D eigenvalue weighted by Crippen LogP contribution is -2.60. The van der Waals surface area contributed by atoms with Crippen molar-refractivity contribution in [1.29, 1.82) is 0 Å². The van der Waals surface area contributed by atoms with Gasteiger partial charge in [0.15, 0.2) is 5.78 Å². The van der Waals surface area contributed by atoms with Crippen LogP contribution >= 0.6 is 0 Å². The molecule has 2 aliphatic carbocycles. The highest BCUT2D eigenvalue weighted by Crippen LogP contribution is 2.58. The Morgan fingerprint density at radius 2 is 1.86 bits per heavy atom. The molecule has 37 heavy (non-hydrogen) atoms. The summed E-state index contributed by atoms with van der Waals surface area (Å²) in [5, 5.41) is 25.7. The quantitative estimate of drug-likeness (QED) is 0.428. The molecule has 1 aromatic rings. The minimum absolute atomic E-state index is 0.287. The van der Waals surface area contributed by atoms with Crippen LogP contribution < -0.4 is 5.32 Å². The first-order chi connectivity index (χ1) is 17.4. The van der Waals surface area contributed by atoms with Gasteiger partial charge in [-0.2, -0.15) is 0 Å². The zero-order chi connectivity index (χ0) is 27.1. The number of ketones is 1. The van der Waals surface area contributed by atoms with E-state index in [1.165, 1.54) is 26.0 Å². The van der Waals surface area contributed by atoms with Crippen LogP contribution in [0.15, 0.2) is 66.8 Å². The third-order valence-corrected chi connectivity index (χ3v) is 8.53. The molecule has 0 aromatic heterocycles. The number of aliphatic hydroxyl groups excluding tert-OH is 1. The number of allylic oxidation sites excluding steroid dienone is 1. The number of esters is 1. The SMILES string of the molecule is C=C1[C@@H](C)[C@H]2[C@H](Cc3ccccc3)NC(=O)[C@]23[C@H](OC(C)=O)/C=C/[C@](C)(O)C(=O)C(C)C/C=C/[C@H]3[C@@H]1O. The number of ether oxygens (including phenoxy) is 1. The maximum Gasteiger partial charge on any atom is 0.303 e. The van der Waals surface area contributed by atoms with Crippen LogP contribution in [0.25, 0.3) is 0 Å². The molecule has 7 nitrogen and oxygen atoms in total. The highest BCUT2D eigenvalue weighted by Gasteiger charge is 2.68. The van der Waals surface area contributed by atoms with Gasteiger partial charge in [-0.1, -0.05) is 62.9 Å². The second-order valence-electron chi connectivity index (χ2n) is 11.0. The lowest BCUT2D eigenvalue weighted by atomic mass is 9.51. The third kappa shape index (κ3) is 4.59. The molecular weight excluding hydrogens is 470 g/mol. The molecule has 3 aliphatic rings. The van der Waals surface area contributed by atoms with E-state index in [0.717, 1.165) is 5.56 Å². The van der Waals surface area contributed by atoms with Crippen LogP contribution in [-0.4, -0.2) is 51.7 Å². The number of nitrogens with one attached hydrogen (secondary N) is 1. The summed E-state index contributed by atoms with van der Waals surface area (Å²) in [6.45, 7) is 10.5. The molecule has 4 rings (SSSR count). The van der Waals surface area contributed by atoms with E-state index in [0.29, 0.717) is 18.4 Å². The van der Waals surface area contributed by atoms with Crippen LogP contribution in [0.3, 0.4) is 0 Å². The number of carbonyl (C=O) groups is 3. The van der Waals surface area contributed by atoms with Gasteiger partial charge in [0.25, 0.3) is 0 Å². The molecule has 198 valence electrons. The summed E-state index contributed by atoms with van der Waals surface area (Å²) in [6.07, 6.45) is 5.01. The maximum atomic E-state index is 14.2. The molecule has 1 saturated carbocycles. The second kappa shape index (κ2) is 10.0. The number of benzene rings is 1. The Kier molecular flexibility index (Phi) is 7.32. The van der Waals surface area contributed by atoms with Gasteiger partial charge in [-0.05, 0) is 49.0 Å². The van der Waals surface area contributed by atoms with Crippen molar-refractivity contribution in [1.82, 2.24) is 5.32 Å². The first-order valence-electron chi connectivity index (χ1n) is 12.9. The normalized spacial score (nSPS) is 41.6. The fourth-order valence-corrected chi connectivity index (χ4v) is 6.68. The van der Waals surface area contributed by atoms with Crippen molar-refractivity contribution < 1.29 is 29.3 Å². The lowest BCUT2D eigenvalue weighted by molar-refractivity contribution is -0.166. The Balaban J connectivity index is 1.94. The molecule has 2 fully saturated rings. The van der Waals surface area contributed by atoms with Crippen LogP contribution in [0.5, 0.6) is 0 Å². The molecule has 0 bridgehead atoms. The zero-order valence-corrected chi connectivity index (χ0v) is 21.9. The summed E-state index contributed by atoms with van der Waals surface area (Å²) < 4.78 is 5.81. The third-order valence-electron chi connectivity index (χ3n) is 8.53. The van der Waals surface area contributed by atoms with Crippen LogP contribution in [0.4, 0.5) is 0 Å². The number of rotatable bonds is 3. The Morgan fingerprint density at radius 3 is 2.51 bits per heavy atom. The molecule has 1 aliphatic heterocycles. The van der Waals surface area contributed by atoms with E-state index in [4.69, 9.17) is 4.74 Å². The number of hydrogen-bond acceptors (Lipinski definition) is 6. The Hall–Kier alpha value is -3.03. The molecular formula is C30H37NO6. The van der Waals surface area contributed by atoms with Crippen LogP contribution in [0.1, 0.15) is 39.7 Å². The molecule has 1 unspecified atom stereocenters. The second-order valence-corrected chi connectivity index (χ2v) is 11.0. The summed E-state index contributed by atoms with van der Waals surface area (Å²) in [5.41, 5.74) is -1.55. The molecule has 7 heteroatoms. The predicted octanol–water partition coefficient (Wildman–Crippen LogP) is 2.92. The van der Waals surface area contributed by atoms with Gasteiger partial charge >= 0.3 is 5.97 Å². The molecule has 1 saturated heterocycles. The van der Waals surface area contributed by atoms with E-state index in [-0.39, 0.29) is 23.7 Å². The van der Waals surface area contributed by atoms with Crippen LogP contribution in [0, 0.1) is 29.1 Å². The fraction of sp³-hybridized carbons (Fsp3) is 0.500. The van der Waals surface area contributed by atoms with Gasteiger partial charge in [0, 0.05) is 30.7 Å². The number of hydrogen-bond donors (Lipinski definition) is 3. The minimum Gasteiger partial charge on any atom is -0.457 e. The van der Waals surface area contributed by atoms with E-state index >= 15 is 0 Å². The van der Waals surface area contributed by atoms with Gasteiger partial charge in [-0.3, -0.25) is 14.4 Å². The standard InChI is InChI=1S/C30H37NO6/c1-17-10-9-13-22-26(33)19(3)18(2)25-23(16-21-11-7-6-8-12-21)31-28(35)30(22,25)24(37-20(4)32)14-15-29(5,36)27(17)34/h6-9,11-15,17-18,22-26,33,36H,3,10,16H2,1-2,4-5H3,(H,31,35)/b13-9+,15-14+/t17?,18-,22+,23+,24-,25+,26-,29+,30-/m1/s1. The van der Waals surface area contributed by atoms with Gasteiger partial charge in [0.1, 0.15) is 17.1 Å². The van der Waals surface area contributed by atoms with Crippen molar-refractivity contribution in [3.05, 3.63) is 72.4 Å². The number of amides is 1. The van der Waals surface area contributed by atoms with Crippen molar-refractivity contribution in [2.75, 3.05) is 0 Å². The summed E-state index contributed by atoms with van der Waals surface area (Å²) in [4.78, 5) is 39.5. The summed E-state index contributed by atoms with van der Waals surface area (Å²) in [5.74, 6) is -3.26. The first-order valence-corrected chi connectivity index (χ1v) is 12.9. The van der Waals surface area contributed by atoms with Gasteiger partial charge in [-0.25, -0.2) is 0 Å². The van der Waals surface area contributed by atoms with Crippen molar-refractivity contribution >= 4 is 17.7 Å². The van der Waals surface area contributed by atoms with Gasteiger partial charge < -0.3 is 20.3 Å².